The first-order valence-electron chi connectivity index (χ1n) is 6.81. The highest BCUT2D eigenvalue weighted by Crippen LogP contribution is 2.44. The van der Waals surface area contributed by atoms with Crippen molar-refractivity contribution in [1.29, 1.82) is 0 Å². The van der Waals surface area contributed by atoms with Crippen molar-refractivity contribution in [2.24, 2.45) is 11.8 Å². The van der Waals surface area contributed by atoms with Crippen molar-refractivity contribution in [3.05, 3.63) is 38.3 Å². The second-order valence-electron chi connectivity index (χ2n) is 5.61. The van der Waals surface area contributed by atoms with Gasteiger partial charge in [0.2, 0.25) is 0 Å². The lowest BCUT2D eigenvalue weighted by Crippen LogP contribution is -2.32. The maximum Gasteiger partial charge on any atom is 0.275 e. The molecule has 19 heavy (non-hydrogen) atoms. The van der Waals surface area contributed by atoms with Gasteiger partial charge >= 0.3 is 0 Å². The van der Waals surface area contributed by atoms with E-state index in [2.05, 4.69) is 21.2 Å². The largest absolute Gasteiger partial charge is 0.309 e. The first kappa shape index (κ1) is 13.1. The fraction of sp³-hybridized carbons (Fsp3) is 0.571. The molecule has 0 amide bonds. The quantitative estimate of drug-likeness (QED) is 0.642. The third-order valence-electron chi connectivity index (χ3n) is 4.03. The van der Waals surface area contributed by atoms with Crippen LogP contribution in [0.3, 0.4) is 0 Å². The smallest absolute Gasteiger partial charge is 0.275 e. The van der Waals surface area contributed by atoms with E-state index in [1.165, 1.54) is 25.7 Å². The van der Waals surface area contributed by atoms with E-state index in [-0.39, 0.29) is 10.6 Å². The molecule has 0 unspecified atom stereocenters. The zero-order chi connectivity index (χ0) is 13.4. The molecule has 1 N–H and O–H groups in total. The van der Waals surface area contributed by atoms with Crippen LogP contribution in [-0.2, 0) is 6.54 Å². The van der Waals surface area contributed by atoms with Gasteiger partial charge in [0.05, 0.1) is 4.92 Å². The lowest BCUT2D eigenvalue weighted by Gasteiger charge is -2.17. The van der Waals surface area contributed by atoms with Crippen LogP contribution in [0.4, 0.5) is 5.69 Å². The standard InChI is InChI=1S/C14H17BrN2O2/c15-12-6-5-11(13(7-12)17(18)19)8-16-14(9-1-2-9)10-3-4-10/h5-7,9-10,14,16H,1-4,8H2. The van der Waals surface area contributed by atoms with Gasteiger partial charge in [-0.2, -0.15) is 0 Å². The van der Waals surface area contributed by atoms with Crippen LogP contribution in [0.1, 0.15) is 31.2 Å². The summed E-state index contributed by atoms with van der Waals surface area (Å²) in [6, 6.07) is 5.86. The summed E-state index contributed by atoms with van der Waals surface area (Å²) in [5.74, 6) is 1.61. The zero-order valence-corrected chi connectivity index (χ0v) is 12.2. The van der Waals surface area contributed by atoms with Crippen LogP contribution in [0, 0.1) is 22.0 Å². The average Bonchev–Trinajstić information content (AvgIpc) is 3.25. The Morgan fingerprint density at radius 2 is 1.95 bits per heavy atom. The van der Waals surface area contributed by atoms with Crippen LogP contribution in [0.15, 0.2) is 22.7 Å². The highest BCUT2D eigenvalue weighted by atomic mass is 79.9. The van der Waals surface area contributed by atoms with E-state index >= 15 is 0 Å². The SMILES string of the molecule is O=[N+]([O-])c1cc(Br)ccc1CNC(C1CC1)C1CC1. The second-order valence-corrected chi connectivity index (χ2v) is 6.53. The summed E-state index contributed by atoms with van der Waals surface area (Å²) in [4.78, 5) is 10.8. The molecular weight excluding hydrogens is 308 g/mol. The molecule has 0 radical (unpaired) electrons. The van der Waals surface area contributed by atoms with Crippen LogP contribution < -0.4 is 5.32 Å². The molecule has 2 saturated carbocycles. The number of nitro groups is 1. The molecule has 0 saturated heterocycles. The average molecular weight is 325 g/mol. The van der Waals surface area contributed by atoms with E-state index in [1.807, 2.05) is 12.1 Å². The predicted octanol–water partition coefficient (Wildman–Crippen LogP) is 3.64. The number of nitro benzene ring substituents is 1. The minimum absolute atomic E-state index is 0.201. The minimum Gasteiger partial charge on any atom is -0.309 e. The Morgan fingerprint density at radius 1 is 1.32 bits per heavy atom. The number of nitrogens with one attached hydrogen (secondary N) is 1. The normalized spacial score (nSPS) is 18.8. The molecule has 1 aromatic carbocycles. The summed E-state index contributed by atoms with van der Waals surface area (Å²) in [5.41, 5.74) is 0.978. The molecule has 0 heterocycles. The Kier molecular flexibility index (Phi) is 3.58. The van der Waals surface area contributed by atoms with Gasteiger partial charge in [0.25, 0.3) is 5.69 Å². The summed E-state index contributed by atoms with van der Waals surface area (Å²) < 4.78 is 0.754. The number of hydrogen-bond acceptors (Lipinski definition) is 3. The van der Waals surface area contributed by atoms with E-state index < -0.39 is 0 Å². The first-order chi connectivity index (χ1) is 9.15. The molecule has 4 nitrogen and oxygen atoms in total. The van der Waals surface area contributed by atoms with Gasteiger partial charge in [-0.1, -0.05) is 15.9 Å². The molecule has 102 valence electrons. The Hall–Kier alpha value is -0.940. The zero-order valence-electron chi connectivity index (χ0n) is 10.6. The van der Waals surface area contributed by atoms with Crippen molar-refractivity contribution < 1.29 is 4.92 Å². The topological polar surface area (TPSA) is 55.2 Å². The molecule has 2 aliphatic carbocycles. The van der Waals surface area contributed by atoms with Crippen molar-refractivity contribution in [3.63, 3.8) is 0 Å². The molecular formula is C14H17BrN2O2. The van der Waals surface area contributed by atoms with Gasteiger partial charge in [-0.3, -0.25) is 10.1 Å². The Morgan fingerprint density at radius 3 is 2.47 bits per heavy atom. The van der Waals surface area contributed by atoms with Gasteiger partial charge in [0.1, 0.15) is 0 Å². The van der Waals surface area contributed by atoms with Crippen LogP contribution in [-0.4, -0.2) is 11.0 Å². The molecule has 2 aliphatic rings. The van der Waals surface area contributed by atoms with E-state index in [4.69, 9.17) is 0 Å². The first-order valence-corrected chi connectivity index (χ1v) is 7.60. The number of benzene rings is 1. The molecule has 0 aliphatic heterocycles. The number of hydrogen-bond donors (Lipinski definition) is 1. The number of rotatable bonds is 6. The van der Waals surface area contributed by atoms with Crippen LogP contribution >= 0.6 is 15.9 Å². The molecule has 0 spiro atoms. The highest BCUT2D eigenvalue weighted by molar-refractivity contribution is 9.10. The number of halogens is 1. The fourth-order valence-corrected chi connectivity index (χ4v) is 3.06. The van der Waals surface area contributed by atoms with E-state index in [9.17, 15) is 10.1 Å². The molecule has 3 rings (SSSR count). The maximum absolute atomic E-state index is 11.1. The van der Waals surface area contributed by atoms with Gasteiger partial charge in [-0.05, 0) is 49.7 Å². The van der Waals surface area contributed by atoms with Crippen LogP contribution in [0.5, 0.6) is 0 Å². The molecule has 1 aromatic rings. The second kappa shape index (κ2) is 5.21. The van der Waals surface area contributed by atoms with Crippen molar-refractivity contribution in [3.8, 4) is 0 Å². The van der Waals surface area contributed by atoms with E-state index in [0.29, 0.717) is 12.6 Å². The lowest BCUT2D eigenvalue weighted by atomic mass is 10.1. The third kappa shape index (κ3) is 3.15. The summed E-state index contributed by atoms with van der Waals surface area (Å²) in [6.45, 7) is 0.598. The van der Waals surface area contributed by atoms with E-state index in [0.717, 1.165) is 21.9 Å². The minimum atomic E-state index is -0.301. The summed E-state index contributed by atoms with van der Waals surface area (Å²) >= 11 is 3.29. The van der Waals surface area contributed by atoms with Crippen LogP contribution in [0.2, 0.25) is 0 Å². The van der Waals surface area contributed by atoms with Gasteiger partial charge in [-0.15, -0.1) is 0 Å². The Labute approximate surface area is 120 Å². The molecule has 5 heteroatoms. The summed E-state index contributed by atoms with van der Waals surface area (Å²) in [6.07, 6.45) is 5.26. The Bertz CT molecular complexity index is 486. The van der Waals surface area contributed by atoms with Crippen molar-refractivity contribution in [1.82, 2.24) is 5.32 Å². The van der Waals surface area contributed by atoms with E-state index in [1.54, 1.807) is 6.07 Å². The third-order valence-corrected chi connectivity index (χ3v) is 4.53. The fourth-order valence-electron chi connectivity index (χ4n) is 2.71. The van der Waals surface area contributed by atoms with Gasteiger partial charge < -0.3 is 5.32 Å². The van der Waals surface area contributed by atoms with Crippen molar-refractivity contribution in [2.45, 2.75) is 38.3 Å². The molecule has 2 fully saturated rings. The van der Waals surface area contributed by atoms with Crippen molar-refractivity contribution in [2.75, 3.05) is 0 Å². The maximum atomic E-state index is 11.1. The predicted molar refractivity (Wildman–Crippen MR) is 76.9 cm³/mol. The summed E-state index contributed by atoms with van der Waals surface area (Å²) in [5, 5.41) is 14.6. The summed E-state index contributed by atoms with van der Waals surface area (Å²) in [7, 11) is 0. The highest BCUT2D eigenvalue weighted by Gasteiger charge is 2.41. The van der Waals surface area contributed by atoms with Crippen LogP contribution in [0.25, 0.3) is 0 Å². The van der Waals surface area contributed by atoms with Gasteiger partial charge in [0.15, 0.2) is 0 Å². The van der Waals surface area contributed by atoms with Gasteiger partial charge in [0, 0.05) is 28.7 Å². The van der Waals surface area contributed by atoms with Crippen molar-refractivity contribution >= 4 is 21.6 Å². The monoisotopic (exact) mass is 324 g/mol. The molecule has 0 atom stereocenters. The molecule has 0 aromatic heterocycles. The lowest BCUT2D eigenvalue weighted by molar-refractivity contribution is -0.385. The Balaban J connectivity index is 1.70. The number of nitrogens with zero attached hydrogens (tertiary/aromatic N) is 1. The molecule has 0 bridgehead atoms. The van der Waals surface area contributed by atoms with Gasteiger partial charge in [-0.25, -0.2) is 0 Å².